The van der Waals surface area contributed by atoms with Gasteiger partial charge in [0.2, 0.25) is 0 Å². The molecule has 11 nitrogen and oxygen atoms in total. The van der Waals surface area contributed by atoms with Crippen LogP contribution in [0.2, 0.25) is 0 Å². The topological polar surface area (TPSA) is 154 Å². The van der Waals surface area contributed by atoms with Gasteiger partial charge >= 0.3 is 5.97 Å². The molecule has 1 saturated heterocycles. The zero-order valence-electron chi connectivity index (χ0n) is 32.4. The third-order valence-corrected chi connectivity index (χ3v) is 13.6. The lowest BCUT2D eigenvalue weighted by atomic mass is 9.79. The van der Waals surface area contributed by atoms with E-state index in [9.17, 15) is 19.6 Å². The van der Waals surface area contributed by atoms with Crippen LogP contribution < -0.4 is 0 Å². The van der Waals surface area contributed by atoms with Gasteiger partial charge in [0.15, 0.2) is 6.29 Å². The van der Waals surface area contributed by atoms with Crippen LogP contribution in [0, 0.1) is 40.4 Å². The van der Waals surface area contributed by atoms with E-state index in [1.165, 1.54) is 30.4 Å². The third kappa shape index (κ3) is 24.3. The molecule has 1 aliphatic rings. The van der Waals surface area contributed by atoms with Crippen LogP contribution in [-0.4, -0.2) is 105 Å². The van der Waals surface area contributed by atoms with E-state index in [0.717, 1.165) is 18.6 Å². The second-order valence-corrected chi connectivity index (χ2v) is 20.6. The molecule has 17 heteroatoms. The van der Waals surface area contributed by atoms with Gasteiger partial charge in [-0.05, 0) is 50.0 Å². The molecule has 0 N–H and O–H groups in total. The molecule has 302 valence electrons. The van der Waals surface area contributed by atoms with Gasteiger partial charge in [0.1, 0.15) is 28.9 Å². The Hall–Kier alpha value is -0.990. The predicted octanol–water partition coefficient (Wildman–Crippen LogP) is 8.02. The van der Waals surface area contributed by atoms with Gasteiger partial charge in [-0.2, -0.15) is 10.5 Å². The zero-order chi connectivity index (χ0) is 40.3. The molecule has 1 rings (SSSR count). The minimum atomic E-state index is -0.671. The predicted molar refractivity (Wildman–Crippen MR) is 225 cm³/mol. The number of Topliss-reactive ketones (excluding diaryl/α,β-unsaturated/α-hetero) is 1. The Kier molecular flexibility index (Phi) is 29.6. The number of thiocarbonyl (C=S) groups is 2. The Morgan fingerprint density at radius 2 is 1.36 bits per heavy atom. The van der Waals surface area contributed by atoms with Crippen molar-refractivity contribution in [3.8, 4) is 12.1 Å². The third-order valence-electron chi connectivity index (χ3n) is 8.32. The lowest BCUT2D eigenvalue weighted by Crippen LogP contribution is -2.48. The van der Waals surface area contributed by atoms with E-state index < -0.39 is 9.49 Å². The molecule has 0 saturated carbocycles. The van der Waals surface area contributed by atoms with Crippen LogP contribution in [0.3, 0.4) is 0 Å². The number of esters is 1. The Morgan fingerprint density at radius 1 is 0.811 bits per heavy atom. The van der Waals surface area contributed by atoms with Crippen LogP contribution >= 0.6 is 71.5 Å². The molecule has 0 bridgehead atoms. The van der Waals surface area contributed by atoms with E-state index in [4.69, 9.17) is 53.4 Å². The highest BCUT2D eigenvalue weighted by molar-refractivity contribution is 8.48. The summed E-state index contributed by atoms with van der Waals surface area (Å²) in [5, 5.41) is 18.5. The second-order valence-electron chi connectivity index (χ2n) is 12.6. The van der Waals surface area contributed by atoms with Gasteiger partial charge in [-0.3, -0.25) is 14.4 Å². The maximum absolute atomic E-state index is 12.2. The number of hydrogen-bond donors (Lipinski definition) is 0. The molecular weight excluding hydrogens is 797 g/mol. The molecule has 4 unspecified atom stereocenters. The first-order valence-corrected chi connectivity index (χ1v) is 22.2. The number of carbonyl (C=O) groups is 3. The number of thioether (sulfide) groups is 4. The highest BCUT2D eigenvalue weighted by atomic mass is 32.2. The molecular formula is C36H58N2O9S6. The number of ketones is 1. The van der Waals surface area contributed by atoms with Crippen LogP contribution in [0.1, 0.15) is 87.5 Å². The highest BCUT2D eigenvalue weighted by Crippen LogP contribution is 2.36. The summed E-state index contributed by atoms with van der Waals surface area (Å²) in [5.74, 6) is 2.45. The summed E-state index contributed by atoms with van der Waals surface area (Å²) in [6.07, 6.45) is 1.87. The van der Waals surface area contributed by atoms with Crippen molar-refractivity contribution < 1.29 is 42.8 Å². The van der Waals surface area contributed by atoms with Crippen molar-refractivity contribution in [2.45, 2.75) is 109 Å². The SMILES string of the molecule is CCSC(=S)SC(C)(C#N)CCC(=O)CCCOCCOCCO[C@@H]1OC(COC(C)=O)[C@H](C)[C@H](C)C1C.CCSC(=S)SC(C)(C#N)CCOC=O. The number of ether oxygens (including phenoxy) is 6. The maximum Gasteiger partial charge on any atom is 0.302 e. The molecule has 0 amide bonds. The van der Waals surface area contributed by atoms with Crippen molar-refractivity contribution in [1.82, 2.24) is 0 Å². The quantitative estimate of drug-likeness (QED) is 0.0398. The first kappa shape index (κ1) is 52.0. The van der Waals surface area contributed by atoms with Crippen molar-refractivity contribution in [3.63, 3.8) is 0 Å². The standard InChI is InChI=1S/C27H45NO7S3.C9H13NO2S3/c1-7-37-26(36)38-27(6,18-28)11-10-23(30)9-8-12-31-13-14-32-15-16-33-25-21(4)19(2)20(3)24(35-25)17-34-22(5)29;1-3-14-8(13)15-9(2,6-10)4-5-12-7-11/h19-21,24-25H,7-17H2,1-6H3;7H,3-5H2,1-2H3/t19-,20+,21?,24?,25+,27?;/m0./s1. The van der Waals surface area contributed by atoms with E-state index in [2.05, 4.69) is 37.6 Å². The summed E-state index contributed by atoms with van der Waals surface area (Å²) in [7, 11) is 0. The first-order valence-electron chi connectivity index (χ1n) is 17.8. The molecule has 1 fully saturated rings. The molecule has 53 heavy (non-hydrogen) atoms. The molecule has 0 aromatic rings. The minimum absolute atomic E-state index is 0.135. The van der Waals surface area contributed by atoms with Crippen LogP contribution in [-0.2, 0) is 42.8 Å². The van der Waals surface area contributed by atoms with Gasteiger partial charge in [-0.1, -0.05) is 82.6 Å². The lowest BCUT2D eigenvalue weighted by Gasteiger charge is -2.43. The van der Waals surface area contributed by atoms with Crippen molar-refractivity contribution >= 4 is 96.8 Å². The van der Waals surface area contributed by atoms with E-state index in [-0.39, 0.29) is 49.2 Å². The lowest BCUT2D eigenvalue weighted by molar-refractivity contribution is -0.258. The van der Waals surface area contributed by atoms with E-state index in [0.29, 0.717) is 77.5 Å². The van der Waals surface area contributed by atoms with Crippen molar-refractivity contribution in [2.24, 2.45) is 17.8 Å². The number of nitrogens with zero attached hydrogens (tertiary/aromatic N) is 2. The molecule has 0 aliphatic carbocycles. The highest BCUT2D eigenvalue weighted by Gasteiger charge is 2.40. The van der Waals surface area contributed by atoms with Gasteiger partial charge in [0.05, 0.1) is 51.3 Å². The Labute approximate surface area is 345 Å². The number of rotatable bonds is 24. The molecule has 1 heterocycles. The summed E-state index contributed by atoms with van der Waals surface area (Å²) >= 11 is 16.2. The van der Waals surface area contributed by atoms with Gasteiger partial charge in [-0.25, -0.2) is 0 Å². The molecule has 7 atom stereocenters. The van der Waals surface area contributed by atoms with Gasteiger partial charge < -0.3 is 28.4 Å². The van der Waals surface area contributed by atoms with Crippen LogP contribution in [0.15, 0.2) is 0 Å². The zero-order valence-corrected chi connectivity index (χ0v) is 37.3. The number of carbonyl (C=O) groups excluding carboxylic acids is 3. The van der Waals surface area contributed by atoms with Crippen molar-refractivity contribution in [3.05, 3.63) is 0 Å². The minimum Gasteiger partial charge on any atom is -0.468 e. The van der Waals surface area contributed by atoms with Gasteiger partial charge in [0, 0.05) is 38.7 Å². The van der Waals surface area contributed by atoms with Crippen molar-refractivity contribution in [1.29, 1.82) is 10.5 Å². The molecule has 0 aromatic carbocycles. The Balaban J connectivity index is 0.00000151. The fraction of sp³-hybridized carbons (Fsp3) is 0.806. The van der Waals surface area contributed by atoms with E-state index in [1.54, 1.807) is 30.4 Å². The number of nitriles is 2. The fourth-order valence-electron chi connectivity index (χ4n) is 4.71. The van der Waals surface area contributed by atoms with Crippen molar-refractivity contribution in [2.75, 3.05) is 57.8 Å². The Morgan fingerprint density at radius 3 is 1.89 bits per heavy atom. The average molecular weight is 855 g/mol. The smallest absolute Gasteiger partial charge is 0.302 e. The molecule has 0 aromatic heterocycles. The first-order chi connectivity index (χ1) is 25.1. The average Bonchev–Trinajstić information content (AvgIpc) is 3.11. The summed E-state index contributed by atoms with van der Waals surface area (Å²) in [5.41, 5.74) is 0. The second kappa shape index (κ2) is 30.2. The molecule has 1 aliphatic heterocycles. The molecule has 0 spiro atoms. The molecule has 0 radical (unpaired) electrons. The monoisotopic (exact) mass is 854 g/mol. The van der Waals surface area contributed by atoms with E-state index >= 15 is 0 Å². The summed E-state index contributed by atoms with van der Waals surface area (Å²) < 4.78 is 33.1. The Bertz CT molecular complexity index is 1200. The van der Waals surface area contributed by atoms with E-state index in [1.807, 2.05) is 20.8 Å². The van der Waals surface area contributed by atoms with Crippen LogP contribution in [0.4, 0.5) is 0 Å². The summed E-state index contributed by atoms with van der Waals surface area (Å²) in [4.78, 5) is 33.3. The summed E-state index contributed by atoms with van der Waals surface area (Å²) in [6, 6.07) is 4.49. The van der Waals surface area contributed by atoms with Crippen LogP contribution in [0.25, 0.3) is 0 Å². The van der Waals surface area contributed by atoms with Crippen LogP contribution in [0.5, 0.6) is 0 Å². The normalized spacial score (nSPS) is 21.7. The maximum atomic E-state index is 12.2. The largest absolute Gasteiger partial charge is 0.468 e. The fourth-order valence-corrected chi connectivity index (χ4v) is 10.5. The summed E-state index contributed by atoms with van der Waals surface area (Å²) in [6.45, 7) is 18.5. The van der Waals surface area contributed by atoms with Gasteiger partial charge in [0.25, 0.3) is 6.47 Å². The number of hydrogen-bond acceptors (Lipinski definition) is 17. The van der Waals surface area contributed by atoms with Gasteiger partial charge in [-0.15, -0.1) is 23.5 Å².